The van der Waals surface area contributed by atoms with Crippen molar-refractivity contribution < 1.29 is 39.8 Å². The van der Waals surface area contributed by atoms with E-state index in [0.29, 0.717) is 6.42 Å². The molecule has 1 saturated heterocycles. The van der Waals surface area contributed by atoms with Crippen LogP contribution in [0, 0.1) is 0 Å². The molecule has 0 spiro atoms. The van der Waals surface area contributed by atoms with Crippen molar-refractivity contribution in [1.29, 1.82) is 0 Å². The molecule has 0 aliphatic carbocycles. The molecule has 1 aliphatic rings. The Kier molecular flexibility index (Phi) is 33.3. The molecule has 0 radical (unpaired) electrons. The van der Waals surface area contributed by atoms with E-state index < -0.39 is 49.5 Å². The highest BCUT2D eigenvalue weighted by Gasteiger charge is 2.44. The van der Waals surface area contributed by atoms with Crippen LogP contribution in [0.3, 0.4) is 0 Å². The molecule has 9 heteroatoms. The minimum atomic E-state index is -1.58. The highest BCUT2D eigenvalue weighted by atomic mass is 16.7. The number of hydrogen-bond donors (Lipinski definition) is 6. The molecule has 318 valence electrons. The van der Waals surface area contributed by atoms with Gasteiger partial charge < -0.3 is 40.3 Å². The molecule has 0 aromatic carbocycles. The molecule has 9 nitrogen and oxygen atoms in total. The van der Waals surface area contributed by atoms with Gasteiger partial charge in [0.25, 0.3) is 0 Å². The van der Waals surface area contributed by atoms with Gasteiger partial charge in [-0.15, -0.1) is 0 Å². The number of amides is 1. The van der Waals surface area contributed by atoms with Gasteiger partial charge in [0.05, 0.1) is 25.4 Å². The van der Waals surface area contributed by atoms with Crippen LogP contribution < -0.4 is 5.32 Å². The fourth-order valence-electron chi connectivity index (χ4n) is 5.90. The topological polar surface area (TPSA) is 149 Å². The van der Waals surface area contributed by atoms with Crippen molar-refractivity contribution >= 4 is 5.91 Å². The first-order valence-electron chi connectivity index (χ1n) is 21.5. The Balaban J connectivity index is 2.41. The molecule has 0 aromatic rings. The van der Waals surface area contributed by atoms with E-state index in [9.17, 15) is 30.3 Å². The molecule has 6 N–H and O–H groups in total. The first-order valence-corrected chi connectivity index (χ1v) is 21.5. The van der Waals surface area contributed by atoms with Crippen LogP contribution in [0.1, 0.15) is 136 Å². The number of unbranched alkanes of at least 4 members (excludes halogenated alkanes) is 9. The third-order valence-electron chi connectivity index (χ3n) is 9.37. The summed E-state index contributed by atoms with van der Waals surface area (Å²) in [5.74, 6) is -0.217. The van der Waals surface area contributed by atoms with Crippen molar-refractivity contribution in [1.82, 2.24) is 5.32 Å². The van der Waals surface area contributed by atoms with Crippen molar-refractivity contribution in [3.63, 3.8) is 0 Å². The summed E-state index contributed by atoms with van der Waals surface area (Å²) in [5.41, 5.74) is 0. The summed E-state index contributed by atoms with van der Waals surface area (Å²) < 4.78 is 11.1. The lowest BCUT2D eigenvalue weighted by molar-refractivity contribution is -0.302. The van der Waals surface area contributed by atoms with Crippen LogP contribution in [0.5, 0.6) is 0 Å². The molecule has 1 heterocycles. The summed E-state index contributed by atoms with van der Waals surface area (Å²) in [6.07, 6.45) is 44.5. The van der Waals surface area contributed by atoms with Crippen LogP contribution in [-0.2, 0) is 14.3 Å². The summed E-state index contributed by atoms with van der Waals surface area (Å²) in [6.45, 7) is 3.54. The SMILES string of the molecule is CC/C=C\C/C=C\C/C=C\C/C=C\C/C=C\CCCCCCCC(=O)NC(COC1OC(CO)C(O)C(O)C1O)C(O)/C=C/CC/C=C/CC/C=C/CCCC. The molecule has 0 saturated carbocycles. The Morgan fingerprint density at radius 1 is 0.625 bits per heavy atom. The van der Waals surface area contributed by atoms with Crippen molar-refractivity contribution in [2.24, 2.45) is 0 Å². The molecule has 1 fully saturated rings. The summed E-state index contributed by atoms with van der Waals surface area (Å²) in [6, 6.07) is -0.843. The summed E-state index contributed by atoms with van der Waals surface area (Å²) in [7, 11) is 0. The number of aliphatic hydroxyl groups is 5. The fraction of sp³-hybridized carbons (Fsp3) is 0.638. The van der Waals surface area contributed by atoms with E-state index in [2.05, 4.69) is 104 Å². The second-order valence-electron chi connectivity index (χ2n) is 14.4. The average Bonchev–Trinajstić information content (AvgIpc) is 3.20. The number of carbonyl (C=O) groups excluding carboxylic acids is 1. The Bertz CT molecular complexity index is 1190. The van der Waals surface area contributed by atoms with Gasteiger partial charge in [-0.3, -0.25) is 4.79 Å². The quantitative estimate of drug-likeness (QED) is 0.0287. The van der Waals surface area contributed by atoms with Gasteiger partial charge in [-0.05, 0) is 83.5 Å². The third-order valence-corrected chi connectivity index (χ3v) is 9.37. The second kappa shape index (κ2) is 36.5. The van der Waals surface area contributed by atoms with Gasteiger partial charge in [0.15, 0.2) is 6.29 Å². The van der Waals surface area contributed by atoms with Crippen LogP contribution >= 0.6 is 0 Å². The maximum absolute atomic E-state index is 12.9. The minimum Gasteiger partial charge on any atom is -0.394 e. The van der Waals surface area contributed by atoms with Crippen molar-refractivity contribution in [2.75, 3.05) is 13.2 Å². The van der Waals surface area contributed by atoms with Crippen molar-refractivity contribution in [3.8, 4) is 0 Å². The molecule has 1 rings (SSSR count). The number of nitrogens with one attached hydrogen (secondary N) is 1. The maximum Gasteiger partial charge on any atom is 0.220 e. The van der Waals surface area contributed by atoms with E-state index in [-0.39, 0.29) is 12.5 Å². The van der Waals surface area contributed by atoms with Gasteiger partial charge in [0.2, 0.25) is 5.91 Å². The Hall–Kier alpha value is -2.89. The highest BCUT2D eigenvalue weighted by molar-refractivity contribution is 5.76. The molecule has 1 amide bonds. The molecule has 7 unspecified atom stereocenters. The number of aliphatic hydroxyl groups excluding tert-OH is 5. The minimum absolute atomic E-state index is 0.217. The Morgan fingerprint density at radius 2 is 1.12 bits per heavy atom. The highest BCUT2D eigenvalue weighted by Crippen LogP contribution is 2.22. The fourth-order valence-corrected chi connectivity index (χ4v) is 5.90. The lowest BCUT2D eigenvalue weighted by Gasteiger charge is -2.40. The zero-order valence-electron chi connectivity index (χ0n) is 34.6. The van der Waals surface area contributed by atoms with Crippen LogP contribution in [0.15, 0.2) is 97.2 Å². The lowest BCUT2D eigenvalue weighted by atomic mass is 9.99. The zero-order chi connectivity index (χ0) is 40.9. The predicted molar refractivity (Wildman–Crippen MR) is 230 cm³/mol. The zero-order valence-corrected chi connectivity index (χ0v) is 34.6. The van der Waals surface area contributed by atoms with Gasteiger partial charge in [0.1, 0.15) is 24.4 Å². The van der Waals surface area contributed by atoms with Crippen molar-refractivity contribution in [3.05, 3.63) is 97.2 Å². The van der Waals surface area contributed by atoms with Gasteiger partial charge in [0, 0.05) is 6.42 Å². The predicted octanol–water partition coefficient (Wildman–Crippen LogP) is 8.55. The Labute approximate surface area is 339 Å². The summed E-state index contributed by atoms with van der Waals surface area (Å²) >= 11 is 0. The van der Waals surface area contributed by atoms with Gasteiger partial charge >= 0.3 is 0 Å². The van der Waals surface area contributed by atoms with E-state index >= 15 is 0 Å². The van der Waals surface area contributed by atoms with Crippen molar-refractivity contribution in [2.45, 2.75) is 179 Å². The van der Waals surface area contributed by atoms with E-state index in [4.69, 9.17) is 9.47 Å². The van der Waals surface area contributed by atoms with E-state index in [1.54, 1.807) is 6.08 Å². The molecular weight excluding hydrogens is 707 g/mol. The number of ether oxygens (including phenoxy) is 2. The van der Waals surface area contributed by atoms with Crippen LogP contribution in [0.2, 0.25) is 0 Å². The van der Waals surface area contributed by atoms with Gasteiger partial charge in [-0.25, -0.2) is 0 Å². The first-order chi connectivity index (χ1) is 27.3. The number of rotatable bonds is 33. The van der Waals surface area contributed by atoms with Crippen LogP contribution in [0.25, 0.3) is 0 Å². The van der Waals surface area contributed by atoms with Crippen LogP contribution in [0.4, 0.5) is 0 Å². The molecule has 1 aliphatic heterocycles. The monoisotopic (exact) mass is 784 g/mol. The molecule has 56 heavy (non-hydrogen) atoms. The van der Waals surface area contributed by atoms with E-state index in [1.807, 2.05) is 6.08 Å². The van der Waals surface area contributed by atoms with E-state index in [0.717, 1.165) is 103 Å². The average molecular weight is 784 g/mol. The standard InChI is InChI=1S/C47H77NO8/c1-3-5-7-9-11-13-15-17-18-19-20-21-22-23-24-25-27-29-31-33-35-37-43(51)48-40(39-55-47-46(54)45(53)44(52)42(38-49)56-47)41(50)36-34-32-30-28-26-16-14-12-10-8-6-4-2/h5,7,10-13,17-18,20-21,23-24,26,28,34,36,40-42,44-47,49-50,52-54H,3-4,6,8-9,14-16,19,22,25,27,29-33,35,37-39H2,1-2H3,(H,48,51)/b7-5-,12-10+,13-11-,18-17-,21-20-,24-23-,28-26+,36-34+. The van der Waals surface area contributed by atoms with Gasteiger partial charge in [-0.2, -0.15) is 0 Å². The second-order valence-corrected chi connectivity index (χ2v) is 14.4. The third kappa shape index (κ3) is 26.9. The number of allylic oxidation sites excluding steroid dienone is 15. The largest absolute Gasteiger partial charge is 0.394 e. The normalized spacial score (nSPS) is 22.2. The molecule has 7 atom stereocenters. The number of carbonyl (C=O) groups is 1. The Morgan fingerprint density at radius 3 is 1.71 bits per heavy atom. The maximum atomic E-state index is 12.9. The smallest absolute Gasteiger partial charge is 0.220 e. The van der Waals surface area contributed by atoms with Crippen LogP contribution in [-0.4, -0.2) is 87.5 Å². The molecule has 0 bridgehead atoms. The molecule has 0 aromatic heterocycles. The van der Waals surface area contributed by atoms with Gasteiger partial charge in [-0.1, -0.05) is 143 Å². The summed E-state index contributed by atoms with van der Waals surface area (Å²) in [4.78, 5) is 12.9. The summed E-state index contributed by atoms with van der Waals surface area (Å²) in [5, 5.41) is 54.0. The lowest BCUT2D eigenvalue weighted by Crippen LogP contribution is -2.60. The first kappa shape index (κ1) is 51.1. The number of hydrogen-bond acceptors (Lipinski definition) is 8. The van der Waals surface area contributed by atoms with E-state index in [1.165, 1.54) is 12.8 Å². The molecular formula is C47H77NO8.